The number of carbonyl (C=O) groups is 1. The van der Waals surface area contributed by atoms with Gasteiger partial charge in [-0.25, -0.2) is 4.98 Å². The van der Waals surface area contributed by atoms with Crippen LogP contribution in [0.3, 0.4) is 0 Å². The molecule has 1 aliphatic rings. The second-order valence-corrected chi connectivity index (χ2v) is 7.24. The van der Waals surface area contributed by atoms with Crippen LogP contribution in [0.25, 0.3) is 0 Å². The monoisotopic (exact) mass is 371 g/mol. The molecule has 0 aliphatic carbocycles. The van der Waals surface area contributed by atoms with Crippen LogP contribution in [0.2, 0.25) is 0 Å². The van der Waals surface area contributed by atoms with Gasteiger partial charge in [-0.3, -0.25) is 4.79 Å². The van der Waals surface area contributed by atoms with Gasteiger partial charge in [0.1, 0.15) is 5.82 Å². The molecule has 1 saturated heterocycles. The summed E-state index contributed by atoms with van der Waals surface area (Å²) in [6, 6.07) is 23.8. The Morgan fingerprint density at radius 2 is 1.46 bits per heavy atom. The topological polar surface area (TPSA) is 45.2 Å². The number of hydrogen-bond donors (Lipinski definition) is 1. The van der Waals surface area contributed by atoms with Crippen molar-refractivity contribution in [3.8, 4) is 0 Å². The third-order valence-corrected chi connectivity index (χ3v) is 5.29. The van der Waals surface area contributed by atoms with Crippen LogP contribution < -0.4 is 10.2 Å². The molecule has 0 bridgehead atoms. The molecule has 4 rings (SSSR count). The molecule has 1 aromatic heterocycles. The Balaban J connectivity index is 1.59. The van der Waals surface area contributed by atoms with Gasteiger partial charge in [-0.2, -0.15) is 0 Å². The van der Waals surface area contributed by atoms with Gasteiger partial charge in [0.25, 0.3) is 0 Å². The fourth-order valence-electron chi connectivity index (χ4n) is 3.79. The molecule has 2 heterocycles. The first kappa shape index (κ1) is 18.2. The number of pyridine rings is 1. The number of aromatic nitrogens is 1. The SMILES string of the molecule is Cc1nc(N2CCCC2)ccc1NC(=O)C(c1ccccc1)c1ccccc1. The Morgan fingerprint density at radius 1 is 0.893 bits per heavy atom. The van der Waals surface area contributed by atoms with Crippen LogP contribution in [-0.2, 0) is 4.79 Å². The van der Waals surface area contributed by atoms with E-state index < -0.39 is 0 Å². The molecule has 142 valence electrons. The lowest BCUT2D eigenvalue weighted by Gasteiger charge is -2.20. The second-order valence-electron chi connectivity index (χ2n) is 7.24. The van der Waals surface area contributed by atoms with Crippen molar-refractivity contribution in [3.05, 3.63) is 89.6 Å². The fraction of sp³-hybridized carbons (Fsp3) is 0.250. The Bertz CT molecular complexity index is 895. The Kier molecular flexibility index (Phi) is 5.38. The van der Waals surface area contributed by atoms with Crippen LogP contribution in [0, 0.1) is 6.92 Å². The van der Waals surface area contributed by atoms with Crippen molar-refractivity contribution in [2.24, 2.45) is 0 Å². The van der Waals surface area contributed by atoms with E-state index in [-0.39, 0.29) is 11.8 Å². The highest BCUT2D eigenvalue weighted by molar-refractivity contribution is 5.98. The van der Waals surface area contributed by atoms with Gasteiger partial charge in [-0.05, 0) is 43.0 Å². The molecule has 1 fully saturated rings. The molecule has 0 unspecified atom stereocenters. The van der Waals surface area contributed by atoms with Crippen molar-refractivity contribution >= 4 is 17.4 Å². The summed E-state index contributed by atoms with van der Waals surface area (Å²) in [6.07, 6.45) is 2.43. The van der Waals surface area contributed by atoms with E-state index >= 15 is 0 Å². The number of rotatable bonds is 5. The molecule has 0 saturated carbocycles. The predicted octanol–water partition coefficient (Wildman–Crippen LogP) is 4.76. The van der Waals surface area contributed by atoms with Crippen molar-refractivity contribution < 1.29 is 4.79 Å². The second kappa shape index (κ2) is 8.26. The van der Waals surface area contributed by atoms with Crippen LogP contribution in [0.4, 0.5) is 11.5 Å². The molecular formula is C24H25N3O. The van der Waals surface area contributed by atoms with E-state index in [0.717, 1.165) is 41.4 Å². The zero-order valence-corrected chi connectivity index (χ0v) is 16.1. The van der Waals surface area contributed by atoms with Gasteiger partial charge in [0, 0.05) is 13.1 Å². The Labute approximate surface area is 166 Å². The summed E-state index contributed by atoms with van der Waals surface area (Å²) in [7, 11) is 0. The minimum atomic E-state index is -0.361. The van der Waals surface area contributed by atoms with E-state index in [1.54, 1.807) is 0 Å². The smallest absolute Gasteiger partial charge is 0.236 e. The molecule has 1 aliphatic heterocycles. The van der Waals surface area contributed by atoms with Crippen LogP contribution in [0.1, 0.15) is 35.6 Å². The first-order valence-electron chi connectivity index (χ1n) is 9.86. The van der Waals surface area contributed by atoms with Crippen molar-refractivity contribution in [2.75, 3.05) is 23.3 Å². The lowest BCUT2D eigenvalue weighted by atomic mass is 9.90. The van der Waals surface area contributed by atoms with Gasteiger partial charge in [0.2, 0.25) is 5.91 Å². The van der Waals surface area contributed by atoms with Crippen molar-refractivity contribution in [3.63, 3.8) is 0 Å². The first-order chi connectivity index (χ1) is 13.7. The third kappa shape index (κ3) is 3.91. The normalized spacial score (nSPS) is 13.7. The molecule has 3 aromatic rings. The molecule has 4 nitrogen and oxygen atoms in total. The van der Waals surface area contributed by atoms with Gasteiger partial charge < -0.3 is 10.2 Å². The van der Waals surface area contributed by atoms with Crippen molar-refractivity contribution in [2.45, 2.75) is 25.7 Å². The van der Waals surface area contributed by atoms with Gasteiger partial charge in [-0.15, -0.1) is 0 Å². The standard InChI is InChI=1S/C24H25N3O/c1-18-21(14-15-22(25-18)27-16-8-9-17-27)26-24(28)23(19-10-4-2-5-11-19)20-12-6-3-7-13-20/h2-7,10-15,23H,8-9,16-17H2,1H3,(H,26,28). The summed E-state index contributed by atoms with van der Waals surface area (Å²) in [6.45, 7) is 4.07. The van der Waals surface area contributed by atoms with E-state index in [4.69, 9.17) is 4.98 Å². The van der Waals surface area contributed by atoms with Crippen molar-refractivity contribution in [1.82, 2.24) is 4.98 Å². The lowest BCUT2D eigenvalue weighted by molar-refractivity contribution is -0.116. The van der Waals surface area contributed by atoms with E-state index in [0.29, 0.717) is 0 Å². The quantitative estimate of drug-likeness (QED) is 0.703. The molecule has 0 radical (unpaired) electrons. The number of anilines is 2. The summed E-state index contributed by atoms with van der Waals surface area (Å²) in [5.74, 6) is 0.590. The van der Waals surface area contributed by atoms with Crippen LogP contribution in [-0.4, -0.2) is 24.0 Å². The largest absolute Gasteiger partial charge is 0.357 e. The summed E-state index contributed by atoms with van der Waals surface area (Å²) < 4.78 is 0. The zero-order valence-electron chi connectivity index (χ0n) is 16.1. The maximum absolute atomic E-state index is 13.3. The average Bonchev–Trinajstić information content (AvgIpc) is 3.26. The molecule has 1 amide bonds. The van der Waals surface area contributed by atoms with E-state index in [9.17, 15) is 4.79 Å². The molecule has 0 spiro atoms. The van der Waals surface area contributed by atoms with Gasteiger partial charge in [-0.1, -0.05) is 60.7 Å². The highest BCUT2D eigenvalue weighted by atomic mass is 16.1. The van der Waals surface area contributed by atoms with Gasteiger partial charge >= 0.3 is 0 Å². The number of benzene rings is 2. The van der Waals surface area contributed by atoms with E-state index in [1.807, 2.05) is 79.7 Å². The van der Waals surface area contributed by atoms with E-state index in [2.05, 4.69) is 10.2 Å². The van der Waals surface area contributed by atoms with Crippen LogP contribution in [0.15, 0.2) is 72.8 Å². The molecule has 2 aromatic carbocycles. The molecule has 4 heteroatoms. The zero-order chi connectivity index (χ0) is 19.3. The molecular weight excluding hydrogens is 346 g/mol. The van der Waals surface area contributed by atoms with Gasteiger partial charge in [0.15, 0.2) is 0 Å². The first-order valence-corrected chi connectivity index (χ1v) is 9.86. The van der Waals surface area contributed by atoms with Crippen LogP contribution >= 0.6 is 0 Å². The lowest BCUT2D eigenvalue weighted by Crippen LogP contribution is -2.23. The Hall–Kier alpha value is -3.14. The van der Waals surface area contributed by atoms with Gasteiger partial charge in [0.05, 0.1) is 17.3 Å². The highest BCUT2D eigenvalue weighted by Gasteiger charge is 2.23. The molecule has 0 atom stereocenters. The highest BCUT2D eigenvalue weighted by Crippen LogP contribution is 2.28. The van der Waals surface area contributed by atoms with Crippen molar-refractivity contribution in [1.29, 1.82) is 0 Å². The maximum Gasteiger partial charge on any atom is 0.236 e. The molecule has 28 heavy (non-hydrogen) atoms. The number of hydrogen-bond acceptors (Lipinski definition) is 3. The molecule has 1 N–H and O–H groups in total. The number of nitrogens with zero attached hydrogens (tertiary/aromatic N) is 2. The number of carbonyl (C=O) groups excluding carboxylic acids is 1. The number of amides is 1. The summed E-state index contributed by atoms with van der Waals surface area (Å²) >= 11 is 0. The fourth-order valence-corrected chi connectivity index (χ4v) is 3.79. The summed E-state index contributed by atoms with van der Waals surface area (Å²) in [5, 5.41) is 3.11. The summed E-state index contributed by atoms with van der Waals surface area (Å²) in [4.78, 5) is 20.3. The maximum atomic E-state index is 13.3. The minimum Gasteiger partial charge on any atom is -0.357 e. The van der Waals surface area contributed by atoms with E-state index in [1.165, 1.54) is 12.8 Å². The number of nitrogens with one attached hydrogen (secondary N) is 1. The number of aryl methyl sites for hydroxylation is 1. The third-order valence-electron chi connectivity index (χ3n) is 5.29. The predicted molar refractivity (Wildman–Crippen MR) is 114 cm³/mol. The minimum absolute atomic E-state index is 0.0452. The van der Waals surface area contributed by atoms with Crippen LogP contribution in [0.5, 0.6) is 0 Å². The Morgan fingerprint density at radius 3 is 2.00 bits per heavy atom. The average molecular weight is 371 g/mol. The summed E-state index contributed by atoms with van der Waals surface area (Å²) in [5.41, 5.74) is 3.57.